The van der Waals surface area contributed by atoms with Crippen molar-refractivity contribution in [3.8, 4) is 11.1 Å². The molecular weight excluding hydrogens is 391 g/mol. The van der Waals surface area contributed by atoms with E-state index in [1.165, 1.54) is 12.1 Å². The van der Waals surface area contributed by atoms with Gasteiger partial charge >= 0.3 is 0 Å². The lowest BCUT2D eigenvalue weighted by Gasteiger charge is -2.23. The molecule has 7 heteroatoms. The Morgan fingerprint density at radius 2 is 1.74 bits per heavy atom. The molecule has 4 rings (SSSR count). The highest BCUT2D eigenvalue weighted by Crippen LogP contribution is 2.26. The van der Waals surface area contributed by atoms with Crippen LogP contribution in [0, 0.1) is 12.7 Å². The number of hydrogen-bond donors (Lipinski definition) is 1. The summed E-state index contributed by atoms with van der Waals surface area (Å²) in [4.78, 5) is 11.7. The van der Waals surface area contributed by atoms with Crippen LogP contribution in [0.1, 0.15) is 25.1 Å². The zero-order valence-electron chi connectivity index (χ0n) is 18.4. The zero-order chi connectivity index (χ0) is 22.0. The van der Waals surface area contributed by atoms with Crippen molar-refractivity contribution in [2.24, 2.45) is 7.05 Å². The largest absolute Gasteiger partial charge is 0.366 e. The lowest BCUT2D eigenvalue weighted by atomic mass is 10.1. The van der Waals surface area contributed by atoms with Gasteiger partial charge in [0.05, 0.1) is 5.69 Å². The molecule has 0 fully saturated rings. The first-order valence-corrected chi connectivity index (χ1v) is 10.5. The fourth-order valence-electron chi connectivity index (χ4n) is 3.80. The molecule has 0 spiro atoms. The van der Waals surface area contributed by atoms with Crippen LogP contribution in [0.5, 0.6) is 0 Å². The van der Waals surface area contributed by atoms with E-state index in [9.17, 15) is 4.39 Å². The molecule has 1 N–H and O–H groups in total. The molecule has 0 aliphatic heterocycles. The average molecular weight is 419 g/mol. The highest BCUT2D eigenvalue weighted by molar-refractivity contribution is 5.81. The third kappa shape index (κ3) is 4.21. The Labute approximate surface area is 181 Å². The topological polar surface area (TPSA) is 58.9 Å². The minimum absolute atomic E-state index is 0.242. The number of halogens is 1. The van der Waals surface area contributed by atoms with Crippen LogP contribution < -0.4 is 10.2 Å². The Morgan fingerprint density at radius 3 is 2.39 bits per heavy atom. The van der Waals surface area contributed by atoms with Gasteiger partial charge in [0.2, 0.25) is 0 Å². The van der Waals surface area contributed by atoms with E-state index in [2.05, 4.69) is 40.2 Å². The maximum Gasteiger partial charge on any atom is 0.160 e. The molecule has 4 aromatic rings. The Balaban J connectivity index is 1.59. The van der Waals surface area contributed by atoms with Crippen LogP contribution >= 0.6 is 0 Å². The molecule has 6 nitrogen and oxygen atoms in total. The van der Waals surface area contributed by atoms with Gasteiger partial charge in [0, 0.05) is 49.4 Å². The van der Waals surface area contributed by atoms with Crippen molar-refractivity contribution in [1.82, 2.24) is 19.7 Å². The minimum Gasteiger partial charge on any atom is -0.366 e. The number of nitrogens with one attached hydrogen (secondary N) is 1. The van der Waals surface area contributed by atoms with Crippen LogP contribution in [-0.4, -0.2) is 32.8 Å². The summed E-state index contributed by atoms with van der Waals surface area (Å²) >= 11 is 0. The molecule has 0 atom stereocenters. The van der Waals surface area contributed by atoms with Crippen LogP contribution in [-0.2, 0) is 13.6 Å². The van der Waals surface area contributed by atoms with Crippen LogP contribution in [0.15, 0.2) is 48.7 Å². The van der Waals surface area contributed by atoms with Crippen LogP contribution in [0.25, 0.3) is 22.2 Å². The smallest absolute Gasteiger partial charge is 0.160 e. The van der Waals surface area contributed by atoms with Crippen molar-refractivity contribution >= 4 is 22.7 Å². The van der Waals surface area contributed by atoms with Gasteiger partial charge in [-0.2, -0.15) is 5.10 Å². The SMILES string of the molecule is CCN(CC)c1nc2c(cc1CNc1ccc(-c3ccc(F)cc3)cn1)c(C)nn2C. The lowest BCUT2D eigenvalue weighted by molar-refractivity contribution is 0.628. The molecule has 0 bridgehead atoms. The molecule has 3 aromatic heterocycles. The van der Waals surface area contributed by atoms with Crippen molar-refractivity contribution in [3.63, 3.8) is 0 Å². The number of nitrogens with zero attached hydrogens (tertiary/aromatic N) is 5. The van der Waals surface area contributed by atoms with Gasteiger partial charge in [-0.15, -0.1) is 0 Å². The molecule has 0 radical (unpaired) electrons. The molecule has 31 heavy (non-hydrogen) atoms. The van der Waals surface area contributed by atoms with Gasteiger partial charge in [0.25, 0.3) is 0 Å². The molecular formula is C24H27FN6. The first-order valence-electron chi connectivity index (χ1n) is 10.5. The molecule has 0 saturated carbocycles. The molecule has 0 aliphatic carbocycles. The maximum atomic E-state index is 13.2. The van der Waals surface area contributed by atoms with E-state index in [0.717, 1.165) is 58.1 Å². The highest BCUT2D eigenvalue weighted by atomic mass is 19.1. The van der Waals surface area contributed by atoms with Crippen molar-refractivity contribution in [2.75, 3.05) is 23.3 Å². The predicted octanol–water partition coefficient (Wildman–Crippen LogP) is 4.94. The van der Waals surface area contributed by atoms with Gasteiger partial charge in [0.1, 0.15) is 17.5 Å². The summed E-state index contributed by atoms with van der Waals surface area (Å²) in [6, 6.07) is 12.5. The molecule has 0 saturated heterocycles. The van der Waals surface area contributed by atoms with E-state index in [0.29, 0.717) is 6.54 Å². The fourth-order valence-corrected chi connectivity index (χ4v) is 3.80. The second kappa shape index (κ2) is 8.71. The molecule has 0 unspecified atom stereocenters. The highest BCUT2D eigenvalue weighted by Gasteiger charge is 2.16. The standard InChI is InChI=1S/C24H27FN6/c1-5-31(6-2)23-19(13-21-16(3)29-30(4)24(21)28-23)15-27-22-12-9-18(14-26-22)17-7-10-20(25)11-8-17/h7-14H,5-6,15H2,1-4H3,(H,26,27). The number of hydrogen-bond acceptors (Lipinski definition) is 5. The fraction of sp³-hybridized carbons (Fsp3) is 0.292. The number of benzene rings is 1. The van der Waals surface area contributed by atoms with E-state index >= 15 is 0 Å². The van der Waals surface area contributed by atoms with Gasteiger partial charge < -0.3 is 10.2 Å². The average Bonchev–Trinajstić information content (AvgIpc) is 3.06. The maximum absolute atomic E-state index is 13.2. The third-order valence-electron chi connectivity index (χ3n) is 5.52. The number of anilines is 2. The lowest BCUT2D eigenvalue weighted by Crippen LogP contribution is -2.25. The third-order valence-corrected chi connectivity index (χ3v) is 5.52. The van der Waals surface area contributed by atoms with E-state index in [1.807, 2.05) is 30.8 Å². The number of fused-ring (bicyclic) bond motifs is 1. The second-order valence-electron chi connectivity index (χ2n) is 7.52. The predicted molar refractivity (Wildman–Crippen MR) is 124 cm³/mol. The normalized spacial score (nSPS) is 11.1. The van der Waals surface area contributed by atoms with Gasteiger partial charge in [-0.05, 0) is 56.7 Å². The first kappa shape index (κ1) is 20.8. The second-order valence-corrected chi connectivity index (χ2v) is 7.52. The molecule has 160 valence electrons. The summed E-state index contributed by atoms with van der Waals surface area (Å²) in [7, 11) is 1.93. The van der Waals surface area contributed by atoms with Crippen molar-refractivity contribution in [2.45, 2.75) is 27.3 Å². The summed E-state index contributed by atoms with van der Waals surface area (Å²) in [5.74, 6) is 1.50. The van der Waals surface area contributed by atoms with Gasteiger partial charge in [-0.25, -0.2) is 14.4 Å². The first-order chi connectivity index (χ1) is 15.0. The number of aromatic nitrogens is 4. The summed E-state index contributed by atoms with van der Waals surface area (Å²) < 4.78 is 15.0. The number of aryl methyl sites for hydroxylation is 2. The summed E-state index contributed by atoms with van der Waals surface area (Å²) in [5, 5.41) is 9.01. The summed E-state index contributed by atoms with van der Waals surface area (Å²) in [6.45, 7) is 8.64. The quantitative estimate of drug-likeness (QED) is 0.461. The van der Waals surface area contributed by atoms with Crippen LogP contribution in [0.3, 0.4) is 0 Å². The molecule has 1 aromatic carbocycles. The van der Waals surface area contributed by atoms with Gasteiger partial charge in [0.15, 0.2) is 5.65 Å². The van der Waals surface area contributed by atoms with Crippen molar-refractivity contribution in [1.29, 1.82) is 0 Å². The van der Waals surface area contributed by atoms with E-state index in [4.69, 9.17) is 4.98 Å². The number of rotatable bonds is 7. The van der Waals surface area contributed by atoms with Crippen LogP contribution in [0.4, 0.5) is 16.0 Å². The molecule has 0 aliphatic rings. The van der Waals surface area contributed by atoms with Gasteiger partial charge in [-0.1, -0.05) is 12.1 Å². The Morgan fingerprint density at radius 1 is 1.03 bits per heavy atom. The Kier molecular flexibility index (Phi) is 5.84. The summed E-state index contributed by atoms with van der Waals surface area (Å²) in [6.07, 6.45) is 1.80. The monoisotopic (exact) mass is 418 g/mol. The Hall–Kier alpha value is -3.48. The zero-order valence-corrected chi connectivity index (χ0v) is 18.4. The molecule has 3 heterocycles. The van der Waals surface area contributed by atoms with Crippen molar-refractivity contribution in [3.05, 3.63) is 65.7 Å². The van der Waals surface area contributed by atoms with Crippen LogP contribution in [0.2, 0.25) is 0 Å². The van der Waals surface area contributed by atoms with E-state index in [-0.39, 0.29) is 5.82 Å². The van der Waals surface area contributed by atoms with E-state index < -0.39 is 0 Å². The van der Waals surface area contributed by atoms with Crippen molar-refractivity contribution < 1.29 is 4.39 Å². The molecule has 0 amide bonds. The number of pyridine rings is 2. The van der Waals surface area contributed by atoms with E-state index in [1.54, 1.807) is 18.3 Å². The Bertz CT molecular complexity index is 1180. The minimum atomic E-state index is -0.242. The summed E-state index contributed by atoms with van der Waals surface area (Å²) in [5.41, 5.74) is 4.86. The van der Waals surface area contributed by atoms with Gasteiger partial charge in [-0.3, -0.25) is 4.68 Å².